The fourth-order valence-electron chi connectivity index (χ4n) is 4.23. The Balaban J connectivity index is 1.57. The SMILES string of the molecule is CC[C@]1(CCC(=O)NCC2(c3ccccc3)CCOCC2)CCC(=O)N1. The first-order chi connectivity index (χ1) is 12.6. The van der Waals surface area contributed by atoms with Gasteiger partial charge in [0.1, 0.15) is 0 Å². The largest absolute Gasteiger partial charge is 0.381 e. The first kappa shape index (κ1) is 18.9. The number of carbonyl (C=O) groups is 2. The molecule has 2 amide bonds. The second kappa shape index (κ2) is 8.21. The van der Waals surface area contributed by atoms with Gasteiger partial charge in [0.15, 0.2) is 0 Å². The molecule has 2 aliphatic rings. The molecule has 2 fully saturated rings. The number of hydrogen-bond donors (Lipinski definition) is 2. The van der Waals surface area contributed by atoms with Crippen LogP contribution in [0.15, 0.2) is 30.3 Å². The zero-order valence-corrected chi connectivity index (χ0v) is 15.7. The molecule has 5 heteroatoms. The number of nitrogens with one attached hydrogen (secondary N) is 2. The van der Waals surface area contributed by atoms with Crippen LogP contribution in [0.2, 0.25) is 0 Å². The molecule has 1 atom stereocenters. The van der Waals surface area contributed by atoms with E-state index in [2.05, 4.69) is 41.8 Å². The van der Waals surface area contributed by atoms with Crippen LogP contribution in [0.1, 0.15) is 57.4 Å². The van der Waals surface area contributed by atoms with Gasteiger partial charge in [-0.2, -0.15) is 0 Å². The maximum absolute atomic E-state index is 12.5. The summed E-state index contributed by atoms with van der Waals surface area (Å²) in [4.78, 5) is 24.1. The zero-order valence-electron chi connectivity index (χ0n) is 15.7. The first-order valence-corrected chi connectivity index (χ1v) is 9.79. The van der Waals surface area contributed by atoms with Gasteiger partial charge in [-0.25, -0.2) is 0 Å². The average molecular weight is 358 g/mol. The van der Waals surface area contributed by atoms with Crippen LogP contribution in [0.3, 0.4) is 0 Å². The lowest BCUT2D eigenvalue weighted by Crippen LogP contribution is -2.46. The summed E-state index contributed by atoms with van der Waals surface area (Å²) >= 11 is 0. The van der Waals surface area contributed by atoms with Crippen molar-refractivity contribution >= 4 is 11.8 Å². The molecule has 3 rings (SSSR count). The maximum atomic E-state index is 12.5. The fraction of sp³-hybridized carbons (Fsp3) is 0.619. The van der Waals surface area contributed by atoms with Gasteiger partial charge < -0.3 is 15.4 Å². The van der Waals surface area contributed by atoms with E-state index in [-0.39, 0.29) is 22.8 Å². The second-order valence-electron chi connectivity index (χ2n) is 7.72. The van der Waals surface area contributed by atoms with Crippen molar-refractivity contribution in [1.82, 2.24) is 10.6 Å². The molecule has 0 spiro atoms. The molecule has 2 aliphatic heterocycles. The van der Waals surface area contributed by atoms with Crippen LogP contribution in [0.4, 0.5) is 0 Å². The predicted octanol–water partition coefficient (Wildman–Crippen LogP) is 2.69. The molecule has 0 saturated carbocycles. The number of ether oxygens (including phenoxy) is 1. The number of rotatable bonds is 7. The van der Waals surface area contributed by atoms with Crippen molar-refractivity contribution in [3.05, 3.63) is 35.9 Å². The summed E-state index contributed by atoms with van der Waals surface area (Å²) < 4.78 is 5.55. The van der Waals surface area contributed by atoms with Crippen LogP contribution in [-0.4, -0.2) is 37.1 Å². The Morgan fingerprint density at radius 2 is 1.92 bits per heavy atom. The number of amides is 2. The first-order valence-electron chi connectivity index (χ1n) is 9.79. The molecule has 0 unspecified atom stereocenters. The quantitative estimate of drug-likeness (QED) is 0.787. The molecule has 26 heavy (non-hydrogen) atoms. The Bertz CT molecular complexity index is 625. The highest BCUT2D eigenvalue weighted by Gasteiger charge is 2.37. The van der Waals surface area contributed by atoms with Crippen LogP contribution in [0.25, 0.3) is 0 Å². The van der Waals surface area contributed by atoms with E-state index in [0.717, 1.165) is 38.9 Å². The molecule has 5 nitrogen and oxygen atoms in total. The van der Waals surface area contributed by atoms with Gasteiger partial charge in [0.25, 0.3) is 0 Å². The number of carbonyl (C=O) groups excluding carboxylic acids is 2. The van der Waals surface area contributed by atoms with Gasteiger partial charge in [0, 0.05) is 43.6 Å². The molecule has 0 aromatic heterocycles. The van der Waals surface area contributed by atoms with Gasteiger partial charge in [-0.3, -0.25) is 9.59 Å². The minimum atomic E-state index is -0.190. The van der Waals surface area contributed by atoms with Crippen molar-refractivity contribution < 1.29 is 14.3 Å². The van der Waals surface area contributed by atoms with Crippen molar-refractivity contribution in [2.75, 3.05) is 19.8 Å². The highest BCUT2D eigenvalue weighted by atomic mass is 16.5. The highest BCUT2D eigenvalue weighted by Crippen LogP contribution is 2.34. The van der Waals surface area contributed by atoms with E-state index in [1.807, 2.05) is 6.07 Å². The van der Waals surface area contributed by atoms with E-state index >= 15 is 0 Å². The Kier molecular flexibility index (Phi) is 5.97. The normalized spacial score (nSPS) is 24.9. The lowest BCUT2D eigenvalue weighted by atomic mass is 9.74. The third kappa shape index (κ3) is 4.26. The van der Waals surface area contributed by atoms with Crippen molar-refractivity contribution in [2.24, 2.45) is 0 Å². The summed E-state index contributed by atoms with van der Waals surface area (Å²) in [6.45, 7) is 4.19. The summed E-state index contributed by atoms with van der Waals surface area (Å²) in [7, 11) is 0. The summed E-state index contributed by atoms with van der Waals surface area (Å²) in [5.74, 6) is 0.179. The third-order valence-corrected chi connectivity index (χ3v) is 6.20. The lowest BCUT2D eigenvalue weighted by molar-refractivity contribution is -0.123. The molecule has 142 valence electrons. The smallest absolute Gasteiger partial charge is 0.220 e. The molecule has 1 aromatic rings. The topological polar surface area (TPSA) is 67.4 Å². The third-order valence-electron chi connectivity index (χ3n) is 6.20. The van der Waals surface area contributed by atoms with E-state index in [1.54, 1.807) is 0 Å². The van der Waals surface area contributed by atoms with Crippen molar-refractivity contribution in [3.8, 4) is 0 Å². The summed E-state index contributed by atoms with van der Waals surface area (Å²) in [6.07, 6.45) is 5.29. The summed E-state index contributed by atoms with van der Waals surface area (Å²) in [6, 6.07) is 10.4. The highest BCUT2D eigenvalue weighted by molar-refractivity contribution is 5.80. The van der Waals surface area contributed by atoms with E-state index in [9.17, 15) is 9.59 Å². The van der Waals surface area contributed by atoms with Gasteiger partial charge in [0.2, 0.25) is 11.8 Å². The van der Waals surface area contributed by atoms with Gasteiger partial charge in [0.05, 0.1) is 0 Å². The predicted molar refractivity (Wildman–Crippen MR) is 101 cm³/mol. The van der Waals surface area contributed by atoms with E-state index in [1.165, 1.54) is 5.56 Å². The minimum absolute atomic E-state index is 0.0425. The van der Waals surface area contributed by atoms with Crippen molar-refractivity contribution in [3.63, 3.8) is 0 Å². The van der Waals surface area contributed by atoms with E-state index < -0.39 is 0 Å². The molecule has 2 N–H and O–H groups in total. The van der Waals surface area contributed by atoms with Gasteiger partial charge in [-0.15, -0.1) is 0 Å². The van der Waals surface area contributed by atoms with Gasteiger partial charge in [-0.1, -0.05) is 37.3 Å². The maximum Gasteiger partial charge on any atom is 0.220 e. The van der Waals surface area contributed by atoms with Crippen LogP contribution >= 0.6 is 0 Å². The molecule has 0 radical (unpaired) electrons. The lowest BCUT2D eigenvalue weighted by Gasteiger charge is -2.38. The molecule has 0 aliphatic carbocycles. The number of hydrogen-bond acceptors (Lipinski definition) is 3. The molecule has 0 bridgehead atoms. The van der Waals surface area contributed by atoms with E-state index in [0.29, 0.717) is 25.8 Å². The second-order valence-corrected chi connectivity index (χ2v) is 7.72. The van der Waals surface area contributed by atoms with Crippen LogP contribution in [0.5, 0.6) is 0 Å². The van der Waals surface area contributed by atoms with E-state index in [4.69, 9.17) is 4.74 Å². The summed E-state index contributed by atoms with van der Waals surface area (Å²) in [5, 5.41) is 6.24. The average Bonchev–Trinajstić information content (AvgIpc) is 3.08. The minimum Gasteiger partial charge on any atom is -0.381 e. The van der Waals surface area contributed by atoms with Crippen molar-refractivity contribution in [1.29, 1.82) is 0 Å². The van der Waals surface area contributed by atoms with Crippen LogP contribution in [0, 0.1) is 0 Å². The molecule has 2 heterocycles. The fourth-order valence-corrected chi connectivity index (χ4v) is 4.23. The Morgan fingerprint density at radius 1 is 1.19 bits per heavy atom. The standard InChI is InChI=1S/C21H30N2O3/c1-2-21(11-9-19(25)23-21)10-8-18(24)22-16-20(12-14-26-15-13-20)17-6-4-3-5-7-17/h3-7H,2,8-16H2,1H3,(H,22,24)(H,23,25)/t21-/m0/s1. The van der Waals surface area contributed by atoms with Crippen LogP contribution in [-0.2, 0) is 19.7 Å². The monoisotopic (exact) mass is 358 g/mol. The zero-order chi connectivity index (χ0) is 18.5. The van der Waals surface area contributed by atoms with Gasteiger partial charge >= 0.3 is 0 Å². The Morgan fingerprint density at radius 3 is 2.54 bits per heavy atom. The Hall–Kier alpha value is -1.88. The van der Waals surface area contributed by atoms with Gasteiger partial charge in [-0.05, 0) is 37.7 Å². The molecular formula is C21H30N2O3. The Labute approximate surface area is 155 Å². The van der Waals surface area contributed by atoms with Crippen molar-refractivity contribution in [2.45, 2.75) is 62.8 Å². The number of benzene rings is 1. The summed E-state index contributed by atoms with van der Waals surface area (Å²) in [5.41, 5.74) is 1.04. The molecule has 2 saturated heterocycles. The molecule has 1 aromatic carbocycles. The molecular weight excluding hydrogens is 328 g/mol. The van der Waals surface area contributed by atoms with Crippen LogP contribution < -0.4 is 10.6 Å².